The van der Waals surface area contributed by atoms with Gasteiger partial charge < -0.3 is 25.4 Å². The Hall–Kier alpha value is -6.16. The molecule has 5 aliphatic carbocycles. The molecule has 19 heteroatoms. The molecule has 3 aromatic heterocycles. The average molecular weight is 1370 g/mol. The van der Waals surface area contributed by atoms with E-state index in [9.17, 15) is 66.9 Å². The Morgan fingerprint density at radius 2 is 0.847 bits per heavy atom. The van der Waals surface area contributed by atoms with Crippen LogP contribution in [0.3, 0.4) is 0 Å². The van der Waals surface area contributed by atoms with Crippen LogP contribution in [0, 0.1) is 39.4 Å². The van der Waals surface area contributed by atoms with Crippen molar-refractivity contribution in [2.75, 3.05) is 13.2 Å². The van der Waals surface area contributed by atoms with E-state index < -0.39 is 82.6 Å². The zero-order valence-electron chi connectivity index (χ0n) is 58.9. The number of halogens is 4. The highest BCUT2D eigenvalue weighted by molar-refractivity contribution is 5.90. The molecule has 0 unspecified atom stereocenters. The van der Waals surface area contributed by atoms with E-state index in [1.165, 1.54) is 65.1 Å². The minimum Gasteiger partial charge on any atom is -0.481 e. The number of nitrogens with zero attached hydrogens (tertiary/aromatic N) is 4. The van der Waals surface area contributed by atoms with E-state index >= 15 is 0 Å². The van der Waals surface area contributed by atoms with Crippen molar-refractivity contribution in [1.82, 2.24) is 20.3 Å². The fourth-order valence-corrected chi connectivity index (χ4v) is 15.3. The predicted molar refractivity (Wildman–Crippen MR) is 369 cm³/mol. The lowest BCUT2D eigenvalue weighted by molar-refractivity contribution is -0.146. The minimum atomic E-state index is -2.91. The van der Waals surface area contributed by atoms with E-state index in [1.54, 1.807) is 0 Å². The molecule has 0 spiro atoms. The molecule has 15 nitrogen and oxygen atoms in total. The van der Waals surface area contributed by atoms with Gasteiger partial charge in [-0.15, -0.1) is 0 Å². The minimum absolute atomic E-state index is 0.0736. The molecule has 2 saturated carbocycles. The lowest BCUT2D eigenvalue weighted by Crippen LogP contribution is -2.50. The van der Waals surface area contributed by atoms with Gasteiger partial charge in [-0.2, -0.15) is 5.26 Å². The molecular weight excluding hydrogens is 1250 g/mol. The van der Waals surface area contributed by atoms with Gasteiger partial charge in [0, 0.05) is 96.7 Å². The van der Waals surface area contributed by atoms with Crippen molar-refractivity contribution in [1.29, 1.82) is 5.26 Å². The molecule has 3 aromatic rings. The number of Topliss-reactive ketones (excluding diaryl/α,β-unsaturated/α-hetero) is 2. The molecule has 1 saturated heterocycles. The quantitative estimate of drug-likeness (QED) is 0.0316. The van der Waals surface area contributed by atoms with Crippen LogP contribution < -0.4 is 5.32 Å². The third-order valence-corrected chi connectivity index (χ3v) is 22.2. The molecule has 6 aliphatic rings. The summed E-state index contributed by atoms with van der Waals surface area (Å²) in [5.74, 6) is -11.8. The van der Waals surface area contributed by atoms with Gasteiger partial charge in [-0.1, -0.05) is 96.3 Å². The Kier molecular flexibility index (Phi) is 31.6. The summed E-state index contributed by atoms with van der Waals surface area (Å²) in [7, 11) is 0. The van der Waals surface area contributed by atoms with Crippen molar-refractivity contribution in [3.8, 4) is 6.07 Å². The van der Waals surface area contributed by atoms with Crippen LogP contribution in [-0.4, -0.2) is 96.8 Å². The number of ketones is 2. The van der Waals surface area contributed by atoms with Gasteiger partial charge in [0.25, 0.3) is 0 Å². The number of aromatic nitrogens is 3. The monoisotopic (exact) mass is 1370 g/mol. The van der Waals surface area contributed by atoms with Gasteiger partial charge in [0.1, 0.15) is 23.0 Å². The number of aryl methyl sites for hydroxylation is 9. The number of hydrogen-bond acceptors (Lipinski definition) is 11. The molecule has 0 aromatic carbocycles. The number of amides is 1. The summed E-state index contributed by atoms with van der Waals surface area (Å²) in [5.41, 5.74) is 8.65. The third-order valence-electron chi connectivity index (χ3n) is 22.2. The molecule has 4 N–H and O–H groups in total. The number of rotatable bonds is 35. The van der Waals surface area contributed by atoms with Crippen molar-refractivity contribution in [3.05, 3.63) is 87.3 Å². The van der Waals surface area contributed by atoms with Gasteiger partial charge in [0.2, 0.25) is 17.8 Å². The first-order chi connectivity index (χ1) is 46.9. The summed E-state index contributed by atoms with van der Waals surface area (Å²) in [4.78, 5) is 87.3. The van der Waals surface area contributed by atoms with Crippen molar-refractivity contribution in [2.24, 2.45) is 28.1 Å². The van der Waals surface area contributed by atoms with Gasteiger partial charge in [-0.05, 0) is 221 Å². The molecule has 1 aliphatic heterocycles. The van der Waals surface area contributed by atoms with Crippen LogP contribution in [0.1, 0.15) is 296 Å². The number of nitriles is 1. The number of hydrogen-bond donors (Lipinski definition) is 4. The van der Waals surface area contributed by atoms with Crippen LogP contribution in [0.5, 0.6) is 0 Å². The molecule has 0 bridgehead atoms. The third kappa shape index (κ3) is 25.5. The van der Waals surface area contributed by atoms with Crippen LogP contribution in [0.2, 0.25) is 0 Å². The maximum Gasteiger partial charge on any atom is 0.326 e. The zero-order chi connectivity index (χ0) is 70.6. The van der Waals surface area contributed by atoms with Crippen LogP contribution in [-0.2, 0) is 91.3 Å². The summed E-state index contributed by atoms with van der Waals surface area (Å²) in [5, 5.41) is 40.6. The van der Waals surface area contributed by atoms with Crippen molar-refractivity contribution in [2.45, 2.75) is 321 Å². The van der Waals surface area contributed by atoms with Gasteiger partial charge >= 0.3 is 17.9 Å². The summed E-state index contributed by atoms with van der Waals surface area (Å²) in [6.07, 6.45) is 31.1. The molecule has 98 heavy (non-hydrogen) atoms. The number of carbonyl (C=O) groups excluding carboxylic acids is 3. The number of nitrogens with one attached hydrogen (secondary N) is 1. The van der Waals surface area contributed by atoms with Gasteiger partial charge in [0.15, 0.2) is 0 Å². The summed E-state index contributed by atoms with van der Waals surface area (Å²) >= 11 is 0. The number of ether oxygens (including phenoxy) is 1. The number of unbranched alkanes of at least 4 members (excludes halogenated alkanes) is 6. The first-order valence-electron chi connectivity index (χ1n) is 37.6. The van der Waals surface area contributed by atoms with Crippen LogP contribution >= 0.6 is 0 Å². The van der Waals surface area contributed by atoms with Crippen molar-refractivity contribution in [3.63, 3.8) is 0 Å². The Morgan fingerprint density at radius 3 is 1.22 bits per heavy atom. The number of fused-ring (bicyclic) bond motifs is 3. The fraction of sp³-hybridized carbons (Fsp3) is 0.722. The van der Waals surface area contributed by atoms with E-state index in [4.69, 9.17) is 19.7 Å². The Labute approximate surface area is 580 Å². The average Bonchev–Trinajstić information content (AvgIpc) is 1.02. The van der Waals surface area contributed by atoms with E-state index in [2.05, 4.69) is 35.7 Å². The van der Waals surface area contributed by atoms with Crippen molar-refractivity contribution >= 4 is 35.4 Å². The second-order valence-electron chi connectivity index (χ2n) is 30.1. The molecule has 9 rings (SSSR count). The van der Waals surface area contributed by atoms with Gasteiger partial charge in [-0.3, -0.25) is 38.9 Å². The largest absolute Gasteiger partial charge is 0.481 e. The Balaban J connectivity index is 0.000000207. The Morgan fingerprint density at radius 1 is 0.480 bits per heavy atom. The molecule has 4 heterocycles. The highest BCUT2D eigenvalue weighted by atomic mass is 19.3. The van der Waals surface area contributed by atoms with E-state index in [1.807, 2.05) is 26.0 Å². The molecule has 1 amide bonds. The van der Waals surface area contributed by atoms with Crippen LogP contribution in [0.25, 0.3) is 0 Å². The van der Waals surface area contributed by atoms with Gasteiger partial charge in [-0.25, -0.2) is 22.4 Å². The molecular formula is C79H113F4N5O10. The second-order valence-corrected chi connectivity index (χ2v) is 30.1. The molecule has 3 fully saturated rings. The topological polar surface area (TPSA) is 247 Å². The lowest BCUT2D eigenvalue weighted by Gasteiger charge is -2.33. The predicted octanol–water partition coefficient (Wildman–Crippen LogP) is 17.2. The molecule has 3 atom stereocenters. The number of alkyl halides is 4. The number of pyridine rings is 3. The normalized spacial score (nSPS) is 18.7. The molecule has 542 valence electrons. The smallest absolute Gasteiger partial charge is 0.326 e. The lowest BCUT2D eigenvalue weighted by atomic mass is 9.70. The maximum atomic E-state index is 14.5. The standard InChI is InChI=1S/2C27H39F2NO3.C25H35N3O4/c2*1-26(15-6-2-7-16-26)24(31)19-21(25(32)33)14-18-27(28,29)17-8-5-10-22-13-12-20-9-3-4-11-23(20)30-22;26-18-25(14-16-32-17-15-25)24(31)28-22(23(29)30)11-5-3-1-2-4-9-20-13-12-19-8-6-7-10-21(19)27-20/h2*12-13,21H,2-11,14-19H2,1H3,(H,32,33);12-13,22H,1-11,14-17H2,(H,28,31)(H,29,30)/t2*21-;22-/m100/s1. The summed E-state index contributed by atoms with van der Waals surface area (Å²) in [6, 6.07) is 13.8. The first kappa shape index (κ1) is 79.2. The zero-order valence-corrected chi connectivity index (χ0v) is 58.9. The Bertz CT molecular complexity index is 2980. The maximum absolute atomic E-state index is 14.5. The number of carboxylic acids is 3. The summed E-state index contributed by atoms with van der Waals surface area (Å²) in [6.45, 7) is 4.50. The van der Waals surface area contributed by atoms with E-state index in [0.29, 0.717) is 71.0 Å². The number of carbonyl (C=O) groups is 6. The fourth-order valence-electron chi connectivity index (χ4n) is 15.3. The number of aliphatic carboxylic acids is 3. The second kappa shape index (κ2) is 39.2. The van der Waals surface area contributed by atoms with Gasteiger partial charge in [0.05, 0.1) is 17.9 Å². The van der Waals surface area contributed by atoms with Crippen LogP contribution in [0.15, 0.2) is 36.4 Å². The highest BCUT2D eigenvalue weighted by Crippen LogP contribution is 2.42. The van der Waals surface area contributed by atoms with E-state index in [-0.39, 0.29) is 50.1 Å². The first-order valence-corrected chi connectivity index (χ1v) is 37.6. The van der Waals surface area contributed by atoms with Crippen LogP contribution in [0.4, 0.5) is 17.6 Å². The SMILES string of the molecule is CC1(C(=O)C[C@@H](CCC(F)(F)CCCCc2ccc3c(n2)CCCC3)C(=O)O)CCCCC1.CC1(C(=O)C[C@H](CCC(F)(F)CCCCc2ccc3c(n2)CCCC3)C(=O)O)CCCCC1.N#CC1(C(=O)N[C@@H](CCCCCCCc2ccc3c(n2)CCCC3)C(=O)O)CCOCC1. The van der Waals surface area contributed by atoms with Crippen molar-refractivity contribution < 1.29 is 66.4 Å². The molecule has 0 radical (unpaired) electrons. The number of carboxylic acid groups (broad SMARTS) is 3. The van der Waals surface area contributed by atoms with E-state index in [0.717, 1.165) is 165 Å². The summed E-state index contributed by atoms with van der Waals surface area (Å²) < 4.78 is 63.1. The highest BCUT2D eigenvalue weighted by Gasteiger charge is 2.43.